The maximum atomic E-state index is 13.4. The van der Waals surface area contributed by atoms with Crippen molar-refractivity contribution >= 4 is 5.97 Å². The van der Waals surface area contributed by atoms with Gasteiger partial charge in [0, 0.05) is 11.1 Å². The molecule has 1 N–H and O–H groups in total. The van der Waals surface area contributed by atoms with Crippen LogP contribution in [0.4, 0.5) is 8.78 Å². The molecular weight excluding hydrogens is 202 g/mol. The lowest BCUT2D eigenvalue weighted by molar-refractivity contribution is -0.145. The number of carbonyl (C=O) groups is 1. The Bertz CT molecular complexity index is 419. The van der Waals surface area contributed by atoms with Gasteiger partial charge in [0.25, 0.3) is 5.92 Å². The molecule has 0 unspecified atom stereocenters. The molecule has 0 aliphatic heterocycles. The van der Waals surface area contributed by atoms with Gasteiger partial charge >= 0.3 is 5.97 Å². The zero-order valence-electron chi connectivity index (χ0n) is 7.71. The van der Waals surface area contributed by atoms with E-state index in [9.17, 15) is 13.6 Å². The minimum absolute atomic E-state index is 0.0174. The van der Waals surface area contributed by atoms with Crippen molar-refractivity contribution < 1.29 is 18.7 Å². The number of carboxylic acid groups (broad SMARTS) is 1. The van der Waals surface area contributed by atoms with Crippen molar-refractivity contribution in [1.82, 2.24) is 0 Å². The third kappa shape index (κ3) is 2.53. The number of carboxylic acids is 1. The molecule has 0 aliphatic rings. The standard InChI is InChI=1S/C11H8F2O2/c1-2-8-5-3-4-6-9(8)11(12,13)7-10(14)15/h1,3-6H,7H2,(H,14,15). The van der Waals surface area contributed by atoms with E-state index in [0.717, 1.165) is 6.07 Å². The van der Waals surface area contributed by atoms with Crippen molar-refractivity contribution in [2.75, 3.05) is 0 Å². The third-order valence-electron chi connectivity index (χ3n) is 1.85. The quantitative estimate of drug-likeness (QED) is 0.777. The molecule has 0 spiro atoms. The van der Waals surface area contributed by atoms with Gasteiger partial charge in [-0.25, -0.2) is 8.78 Å². The Kier molecular flexibility index (Phi) is 3.05. The lowest BCUT2D eigenvalue weighted by Crippen LogP contribution is -2.19. The van der Waals surface area contributed by atoms with Gasteiger partial charge in [0.15, 0.2) is 0 Å². The van der Waals surface area contributed by atoms with Crippen molar-refractivity contribution in [3.63, 3.8) is 0 Å². The first-order chi connectivity index (χ1) is 6.97. The van der Waals surface area contributed by atoms with Gasteiger partial charge in [-0.2, -0.15) is 0 Å². The molecule has 0 saturated heterocycles. The summed E-state index contributed by atoms with van der Waals surface area (Å²) in [5, 5.41) is 8.34. The topological polar surface area (TPSA) is 37.3 Å². The zero-order valence-corrected chi connectivity index (χ0v) is 7.71. The van der Waals surface area contributed by atoms with Crippen LogP contribution in [0.5, 0.6) is 0 Å². The normalized spacial score (nSPS) is 10.7. The van der Waals surface area contributed by atoms with Crippen LogP contribution in [-0.4, -0.2) is 11.1 Å². The summed E-state index contributed by atoms with van der Waals surface area (Å²) >= 11 is 0. The number of terminal acetylenes is 1. The SMILES string of the molecule is C#Cc1ccccc1C(F)(F)CC(=O)O. The number of rotatable bonds is 3. The van der Waals surface area contributed by atoms with Crippen molar-refractivity contribution in [3.05, 3.63) is 35.4 Å². The Labute approximate surface area is 85.5 Å². The van der Waals surface area contributed by atoms with Gasteiger partial charge in [0.1, 0.15) is 6.42 Å². The summed E-state index contributed by atoms with van der Waals surface area (Å²) in [5.41, 5.74) is -0.404. The Morgan fingerprint density at radius 3 is 2.60 bits per heavy atom. The van der Waals surface area contributed by atoms with E-state index in [1.54, 1.807) is 0 Å². The van der Waals surface area contributed by atoms with Gasteiger partial charge in [-0.15, -0.1) is 6.42 Å². The number of hydrogen-bond donors (Lipinski definition) is 1. The minimum Gasteiger partial charge on any atom is -0.481 e. The van der Waals surface area contributed by atoms with Crippen LogP contribution >= 0.6 is 0 Å². The summed E-state index contributed by atoms with van der Waals surface area (Å²) < 4.78 is 26.8. The smallest absolute Gasteiger partial charge is 0.309 e. The zero-order chi connectivity index (χ0) is 11.5. The molecule has 4 heteroatoms. The molecular formula is C11H8F2O2. The van der Waals surface area contributed by atoms with E-state index in [1.165, 1.54) is 18.2 Å². The molecule has 0 amide bonds. The fraction of sp³-hybridized carbons (Fsp3) is 0.182. The lowest BCUT2D eigenvalue weighted by atomic mass is 10.00. The third-order valence-corrected chi connectivity index (χ3v) is 1.85. The Balaban J connectivity index is 3.15. The molecule has 0 aromatic heterocycles. The van der Waals surface area contributed by atoms with E-state index in [0.29, 0.717) is 0 Å². The molecule has 0 aliphatic carbocycles. The monoisotopic (exact) mass is 210 g/mol. The molecule has 1 aromatic rings. The summed E-state index contributed by atoms with van der Waals surface area (Å²) in [6.07, 6.45) is 3.79. The van der Waals surface area contributed by atoms with Crippen LogP contribution in [0.2, 0.25) is 0 Å². The summed E-state index contributed by atoms with van der Waals surface area (Å²) in [6, 6.07) is 5.41. The highest BCUT2D eigenvalue weighted by Gasteiger charge is 2.36. The fourth-order valence-corrected chi connectivity index (χ4v) is 1.21. The maximum absolute atomic E-state index is 13.4. The molecule has 15 heavy (non-hydrogen) atoms. The van der Waals surface area contributed by atoms with Crippen LogP contribution in [0.25, 0.3) is 0 Å². The van der Waals surface area contributed by atoms with Crippen LogP contribution in [0.1, 0.15) is 17.5 Å². The second kappa shape index (κ2) is 4.09. The van der Waals surface area contributed by atoms with Crippen LogP contribution in [0.15, 0.2) is 24.3 Å². The van der Waals surface area contributed by atoms with Gasteiger partial charge in [-0.05, 0) is 6.07 Å². The largest absolute Gasteiger partial charge is 0.481 e. The van der Waals surface area contributed by atoms with Gasteiger partial charge in [-0.3, -0.25) is 4.79 Å². The van der Waals surface area contributed by atoms with Gasteiger partial charge in [0.05, 0.1) is 0 Å². The number of alkyl halides is 2. The highest BCUT2D eigenvalue weighted by atomic mass is 19.3. The lowest BCUT2D eigenvalue weighted by Gasteiger charge is -2.15. The summed E-state index contributed by atoms with van der Waals surface area (Å²) in [7, 11) is 0. The average Bonchev–Trinajstić information content (AvgIpc) is 2.16. The first kappa shape index (κ1) is 11.2. The summed E-state index contributed by atoms with van der Waals surface area (Å²) in [5.74, 6) is -2.90. The Morgan fingerprint density at radius 2 is 2.07 bits per heavy atom. The highest BCUT2D eigenvalue weighted by Crippen LogP contribution is 2.33. The second-order valence-electron chi connectivity index (χ2n) is 2.96. The average molecular weight is 210 g/mol. The molecule has 0 bridgehead atoms. The van der Waals surface area contributed by atoms with Gasteiger partial charge < -0.3 is 5.11 Å². The molecule has 0 radical (unpaired) electrons. The van der Waals surface area contributed by atoms with E-state index in [2.05, 4.69) is 5.92 Å². The number of hydrogen-bond acceptors (Lipinski definition) is 1. The van der Waals surface area contributed by atoms with Crippen molar-refractivity contribution in [2.24, 2.45) is 0 Å². The number of halogens is 2. The summed E-state index contributed by atoms with van der Waals surface area (Å²) in [4.78, 5) is 10.3. The van der Waals surface area contributed by atoms with Crippen molar-refractivity contribution in [2.45, 2.75) is 12.3 Å². The first-order valence-electron chi connectivity index (χ1n) is 4.13. The van der Waals surface area contributed by atoms with E-state index in [1.807, 2.05) is 0 Å². The van der Waals surface area contributed by atoms with Crippen LogP contribution in [0, 0.1) is 12.3 Å². The van der Waals surface area contributed by atoms with Crippen LogP contribution in [0.3, 0.4) is 0 Å². The van der Waals surface area contributed by atoms with Crippen molar-refractivity contribution in [3.8, 4) is 12.3 Å². The van der Waals surface area contributed by atoms with Crippen LogP contribution in [-0.2, 0) is 10.7 Å². The van der Waals surface area contributed by atoms with Gasteiger partial charge in [0.2, 0.25) is 0 Å². The molecule has 0 atom stereocenters. The molecule has 2 nitrogen and oxygen atoms in total. The van der Waals surface area contributed by atoms with E-state index in [4.69, 9.17) is 11.5 Å². The second-order valence-corrected chi connectivity index (χ2v) is 2.96. The van der Waals surface area contributed by atoms with E-state index < -0.39 is 23.9 Å². The molecule has 0 saturated carbocycles. The number of benzene rings is 1. The Morgan fingerprint density at radius 1 is 1.47 bits per heavy atom. The Hall–Kier alpha value is -1.89. The van der Waals surface area contributed by atoms with Crippen molar-refractivity contribution in [1.29, 1.82) is 0 Å². The van der Waals surface area contributed by atoms with Gasteiger partial charge in [-0.1, -0.05) is 24.1 Å². The minimum atomic E-state index is -3.44. The molecule has 78 valence electrons. The molecule has 1 rings (SSSR count). The predicted octanol–water partition coefficient (Wildman–Crippen LogP) is 2.23. The fourth-order valence-electron chi connectivity index (χ4n) is 1.21. The first-order valence-corrected chi connectivity index (χ1v) is 4.13. The van der Waals surface area contributed by atoms with E-state index in [-0.39, 0.29) is 5.56 Å². The molecule has 0 fully saturated rings. The number of aliphatic carboxylic acids is 1. The maximum Gasteiger partial charge on any atom is 0.309 e. The molecule has 1 aromatic carbocycles. The highest BCUT2D eigenvalue weighted by molar-refractivity contribution is 5.68. The summed E-state index contributed by atoms with van der Waals surface area (Å²) in [6.45, 7) is 0. The molecule has 0 heterocycles. The van der Waals surface area contributed by atoms with E-state index >= 15 is 0 Å². The van der Waals surface area contributed by atoms with Crippen LogP contribution < -0.4 is 0 Å². The predicted molar refractivity (Wildman–Crippen MR) is 50.5 cm³/mol.